The topological polar surface area (TPSA) is 0 Å². The highest BCUT2D eigenvalue weighted by Gasteiger charge is 1.86. The molecule has 0 bridgehead atoms. The van der Waals surface area contributed by atoms with Crippen molar-refractivity contribution in [3.8, 4) is 0 Å². The zero-order valence-electron chi connectivity index (χ0n) is 6.09. The fraction of sp³-hybridized carbons (Fsp3) is 0.111. The molecule has 0 amide bonds. The van der Waals surface area contributed by atoms with Crippen molar-refractivity contribution < 1.29 is 0 Å². The van der Waals surface area contributed by atoms with Gasteiger partial charge in [-0.1, -0.05) is 45.5 Å². The van der Waals surface area contributed by atoms with E-state index in [9.17, 15) is 0 Å². The van der Waals surface area contributed by atoms with Crippen LogP contribution in [0, 0.1) is 0 Å². The van der Waals surface area contributed by atoms with Crippen LogP contribution >= 0.6 is 8.58 Å². The van der Waals surface area contributed by atoms with Crippen LogP contribution in [0.4, 0.5) is 0 Å². The van der Waals surface area contributed by atoms with E-state index in [4.69, 9.17) is 0 Å². The lowest BCUT2D eigenvalue weighted by Gasteiger charge is -1.95. The van der Waals surface area contributed by atoms with Crippen molar-refractivity contribution in [3.63, 3.8) is 0 Å². The van der Waals surface area contributed by atoms with Gasteiger partial charge in [0.2, 0.25) is 0 Å². The summed E-state index contributed by atoms with van der Waals surface area (Å²) in [6.07, 6.45) is 1.86. The Morgan fingerprint density at radius 2 is 1.90 bits per heavy atom. The van der Waals surface area contributed by atoms with Crippen LogP contribution < -0.4 is 5.30 Å². The van der Waals surface area contributed by atoms with Gasteiger partial charge in [0.1, 0.15) is 0 Å². The molecule has 1 aromatic rings. The second kappa shape index (κ2) is 3.53. The highest BCUT2D eigenvalue weighted by atomic mass is 31.1. The normalized spacial score (nSPS) is 10.5. The highest BCUT2D eigenvalue weighted by Crippen LogP contribution is 2.05. The van der Waals surface area contributed by atoms with Crippen molar-refractivity contribution in [2.45, 2.75) is 0 Å². The van der Waals surface area contributed by atoms with Crippen molar-refractivity contribution >= 4 is 20.0 Å². The molecule has 0 aliphatic carbocycles. The Bertz CT molecular complexity index is 211. The predicted molar refractivity (Wildman–Crippen MR) is 50.4 cm³/mol. The van der Waals surface area contributed by atoms with E-state index in [1.165, 1.54) is 10.9 Å². The summed E-state index contributed by atoms with van der Waals surface area (Å²) in [5, 5.41) is 1.41. The van der Waals surface area contributed by atoms with Crippen LogP contribution in [0.1, 0.15) is 5.56 Å². The van der Waals surface area contributed by atoms with E-state index in [2.05, 4.69) is 37.5 Å². The Kier molecular flexibility index (Phi) is 2.65. The lowest BCUT2D eigenvalue weighted by atomic mass is 10.2. The van der Waals surface area contributed by atoms with Crippen molar-refractivity contribution in [2.75, 3.05) is 6.66 Å². The van der Waals surface area contributed by atoms with Gasteiger partial charge in [0.15, 0.2) is 0 Å². The van der Waals surface area contributed by atoms with Crippen LogP contribution in [-0.4, -0.2) is 6.66 Å². The van der Waals surface area contributed by atoms with Gasteiger partial charge in [0.25, 0.3) is 0 Å². The lowest BCUT2D eigenvalue weighted by molar-refractivity contribution is 1.71. The third-order valence-electron chi connectivity index (χ3n) is 1.44. The first-order chi connectivity index (χ1) is 4.86. The third-order valence-corrected chi connectivity index (χ3v) is 2.35. The molecule has 1 rings (SSSR count). The molecule has 0 heterocycles. The van der Waals surface area contributed by atoms with Crippen LogP contribution in [0.15, 0.2) is 30.8 Å². The minimum absolute atomic E-state index is 0.894. The Morgan fingerprint density at radius 3 is 2.30 bits per heavy atom. The molecule has 0 spiro atoms. The fourth-order valence-electron chi connectivity index (χ4n) is 0.786. The van der Waals surface area contributed by atoms with E-state index in [1.807, 2.05) is 6.08 Å². The minimum Gasteiger partial charge on any atom is -0.0985 e. The third kappa shape index (κ3) is 1.68. The van der Waals surface area contributed by atoms with Crippen molar-refractivity contribution in [2.24, 2.45) is 0 Å². The summed E-state index contributed by atoms with van der Waals surface area (Å²) in [5.41, 5.74) is 1.20. The number of hydrogen-bond acceptors (Lipinski definition) is 0. The second-order valence-electron chi connectivity index (χ2n) is 2.08. The first-order valence-electron chi connectivity index (χ1n) is 3.27. The van der Waals surface area contributed by atoms with Gasteiger partial charge in [0.05, 0.1) is 0 Å². The Morgan fingerprint density at radius 1 is 1.30 bits per heavy atom. The molecule has 0 saturated carbocycles. The quantitative estimate of drug-likeness (QED) is 0.567. The summed E-state index contributed by atoms with van der Waals surface area (Å²) in [5.74, 6) is 0. The van der Waals surface area contributed by atoms with Gasteiger partial charge in [-0.05, 0) is 17.5 Å². The Balaban J connectivity index is 2.90. The molecular formula is C9H11P. The van der Waals surface area contributed by atoms with Crippen LogP contribution in [-0.2, 0) is 0 Å². The van der Waals surface area contributed by atoms with Crippen LogP contribution in [0.5, 0.6) is 0 Å². The summed E-state index contributed by atoms with van der Waals surface area (Å²) >= 11 is 0. The van der Waals surface area contributed by atoms with Crippen LogP contribution in [0.25, 0.3) is 6.08 Å². The maximum atomic E-state index is 3.69. The molecule has 0 aliphatic heterocycles. The van der Waals surface area contributed by atoms with E-state index < -0.39 is 0 Å². The molecule has 1 aromatic carbocycles. The molecule has 1 heteroatoms. The molecule has 0 aromatic heterocycles. The molecular weight excluding hydrogens is 139 g/mol. The summed E-state index contributed by atoms with van der Waals surface area (Å²) in [7, 11) is 0.894. The van der Waals surface area contributed by atoms with Gasteiger partial charge >= 0.3 is 0 Å². The zero-order chi connectivity index (χ0) is 7.40. The smallest absolute Gasteiger partial charge is 0.0262 e. The van der Waals surface area contributed by atoms with Crippen molar-refractivity contribution in [1.29, 1.82) is 0 Å². The van der Waals surface area contributed by atoms with Crippen molar-refractivity contribution in [1.82, 2.24) is 0 Å². The monoisotopic (exact) mass is 150 g/mol. The standard InChI is InChI=1S/C9H11P/c1-3-8-4-6-9(10-2)7-5-8/h3-7,10H,1H2,2H3. The summed E-state index contributed by atoms with van der Waals surface area (Å²) in [4.78, 5) is 0. The van der Waals surface area contributed by atoms with Crippen LogP contribution in [0.2, 0.25) is 0 Å². The maximum Gasteiger partial charge on any atom is -0.0262 e. The predicted octanol–water partition coefficient (Wildman–Crippen LogP) is 2.26. The first kappa shape index (κ1) is 7.50. The number of benzene rings is 1. The van der Waals surface area contributed by atoms with Crippen LogP contribution in [0.3, 0.4) is 0 Å². The van der Waals surface area contributed by atoms with E-state index in [0.29, 0.717) is 0 Å². The van der Waals surface area contributed by atoms with Crippen molar-refractivity contribution in [3.05, 3.63) is 36.4 Å². The Labute approximate surface area is 63.8 Å². The molecule has 10 heavy (non-hydrogen) atoms. The summed E-state index contributed by atoms with van der Waals surface area (Å²) in [6, 6.07) is 8.49. The molecule has 0 N–H and O–H groups in total. The molecule has 0 radical (unpaired) electrons. The molecule has 0 fully saturated rings. The zero-order valence-corrected chi connectivity index (χ0v) is 7.09. The first-order valence-corrected chi connectivity index (χ1v) is 4.77. The van der Waals surface area contributed by atoms with E-state index in [-0.39, 0.29) is 0 Å². The van der Waals surface area contributed by atoms with E-state index in [1.54, 1.807) is 0 Å². The molecule has 1 unspecified atom stereocenters. The molecule has 1 atom stereocenters. The van der Waals surface area contributed by atoms with E-state index >= 15 is 0 Å². The minimum atomic E-state index is 0.894. The van der Waals surface area contributed by atoms with Gasteiger partial charge < -0.3 is 0 Å². The van der Waals surface area contributed by atoms with Gasteiger partial charge in [-0.25, -0.2) is 0 Å². The highest BCUT2D eigenvalue weighted by molar-refractivity contribution is 7.46. The van der Waals surface area contributed by atoms with Gasteiger partial charge in [0, 0.05) is 0 Å². The Hall–Kier alpha value is -0.610. The average Bonchev–Trinajstić information content (AvgIpc) is 2.05. The van der Waals surface area contributed by atoms with Gasteiger partial charge in [-0.3, -0.25) is 0 Å². The average molecular weight is 150 g/mol. The molecule has 52 valence electrons. The molecule has 0 saturated heterocycles. The lowest BCUT2D eigenvalue weighted by Crippen LogP contribution is -1.90. The van der Waals surface area contributed by atoms with Gasteiger partial charge in [-0.2, -0.15) is 0 Å². The largest absolute Gasteiger partial charge is 0.0985 e. The fourth-order valence-corrected chi connectivity index (χ4v) is 1.29. The SMILES string of the molecule is C=Cc1ccc(PC)cc1. The second-order valence-corrected chi connectivity index (χ2v) is 3.15. The molecule has 0 nitrogen and oxygen atoms in total. The van der Waals surface area contributed by atoms with Gasteiger partial charge in [-0.15, -0.1) is 0 Å². The number of rotatable bonds is 2. The number of hydrogen-bond donors (Lipinski definition) is 0. The molecule has 0 aliphatic rings. The summed E-state index contributed by atoms with van der Waals surface area (Å²) in [6.45, 7) is 5.87. The maximum absolute atomic E-state index is 3.69. The van der Waals surface area contributed by atoms with E-state index in [0.717, 1.165) is 8.58 Å². The summed E-state index contributed by atoms with van der Waals surface area (Å²) < 4.78 is 0.